The van der Waals surface area contributed by atoms with E-state index in [1.807, 2.05) is 36.4 Å². The number of aromatic nitrogens is 6. The third-order valence-corrected chi connectivity index (χ3v) is 7.71. The number of amides is 1. The third kappa shape index (κ3) is 5.28. The topological polar surface area (TPSA) is 122 Å². The van der Waals surface area contributed by atoms with Crippen LogP contribution in [0.3, 0.4) is 0 Å². The molecule has 2 aliphatic rings. The van der Waals surface area contributed by atoms with Gasteiger partial charge in [0.15, 0.2) is 5.65 Å². The molecule has 11 heteroatoms. The molecule has 1 amide bonds. The molecule has 1 saturated heterocycles. The smallest absolute Gasteiger partial charge is 0.248 e. The van der Waals surface area contributed by atoms with Crippen LogP contribution in [0.1, 0.15) is 26.7 Å². The number of carbonyl (C=O) groups is 1. The van der Waals surface area contributed by atoms with Gasteiger partial charge in [-0.1, -0.05) is 19.9 Å². The van der Waals surface area contributed by atoms with Crippen LogP contribution < -0.4 is 15.4 Å². The molecule has 0 saturated carbocycles. The molecule has 3 aromatic heterocycles. The molecular weight excluding hydrogens is 506 g/mol. The van der Waals surface area contributed by atoms with Crippen LogP contribution in [0.5, 0.6) is 5.88 Å². The molecule has 4 aromatic rings. The maximum atomic E-state index is 12.6. The molecule has 204 valence electrons. The zero-order chi connectivity index (χ0) is 27.6. The Balaban J connectivity index is 1.19. The normalized spacial score (nSPS) is 21.5. The van der Waals surface area contributed by atoms with Crippen LogP contribution in [0.4, 0.5) is 11.5 Å². The lowest BCUT2D eigenvalue weighted by molar-refractivity contribution is -0.111. The molecule has 2 unspecified atom stereocenters. The molecule has 6 rings (SSSR count). The van der Waals surface area contributed by atoms with Crippen molar-refractivity contribution in [2.45, 2.75) is 32.7 Å². The van der Waals surface area contributed by atoms with Crippen molar-refractivity contribution in [3.05, 3.63) is 79.0 Å². The van der Waals surface area contributed by atoms with Gasteiger partial charge in [-0.05, 0) is 56.8 Å². The summed E-state index contributed by atoms with van der Waals surface area (Å²) in [6, 6.07) is 7.72. The zero-order valence-corrected chi connectivity index (χ0v) is 22.7. The summed E-state index contributed by atoms with van der Waals surface area (Å²) in [5.74, 6) is 1.99. The van der Waals surface area contributed by atoms with Crippen LogP contribution in [0, 0.1) is 11.8 Å². The van der Waals surface area contributed by atoms with E-state index < -0.39 is 0 Å². The highest BCUT2D eigenvalue weighted by Gasteiger charge is 2.26. The minimum Gasteiger partial charge on any atom is -0.443 e. The molecule has 4 heterocycles. The first-order valence-electron chi connectivity index (χ1n) is 13.4. The monoisotopic (exact) mass is 537 g/mol. The first-order chi connectivity index (χ1) is 19.4. The largest absolute Gasteiger partial charge is 0.443 e. The highest BCUT2D eigenvalue weighted by molar-refractivity contribution is 6.01. The molecule has 11 nitrogen and oxygen atoms in total. The molecule has 40 heavy (non-hydrogen) atoms. The van der Waals surface area contributed by atoms with Gasteiger partial charge in [-0.15, -0.1) is 10.2 Å². The average molecular weight is 538 g/mol. The minimum absolute atomic E-state index is 0.0806. The summed E-state index contributed by atoms with van der Waals surface area (Å²) in [6.45, 7) is 5.31. The SMILES string of the molecule is CC1C(Nc2ncnc3ccc(NC(=O)/C=C/[C@H]4CCCN4C)cc23)=CC=C(Oc2cc3nncn3cn2)C1C. The second-order valence-electron chi connectivity index (χ2n) is 10.3. The second-order valence-corrected chi connectivity index (χ2v) is 10.3. The van der Waals surface area contributed by atoms with Crippen molar-refractivity contribution in [3.8, 4) is 5.88 Å². The third-order valence-electron chi connectivity index (χ3n) is 7.71. The van der Waals surface area contributed by atoms with Crippen molar-refractivity contribution in [1.29, 1.82) is 0 Å². The number of ether oxygens (including phenoxy) is 1. The molecule has 0 radical (unpaired) electrons. The van der Waals surface area contributed by atoms with Gasteiger partial charge in [0, 0.05) is 46.8 Å². The van der Waals surface area contributed by atoms with Crippen molar-refractivity contribution in [2.75, 3.05) is 24.2 Å². The summed E-state index contributed by atoms with van der Waals surface area (Å²) >= 11 is 0. The van der Waals surface area contributed by atoms with Crippen LogP contribution in [0.25, 0.3) is 16.6 Å². The summed E-state index contributed by atoms with van der Waals surface area (Å²) in [5.41, 5.74) is 3.14. The van der Waals surface area contributed by atoms with Gasteiger partial charge in [0.25, 0.3) is 0 Å². The van der Waals surface area contributed by atoms with E-state index in [-0.39, 0.29) is 17.7 Å². The molecule has 1 aliphatic carbocycles. The van der Waals surface area contributed by atoms with Gasteiger partial charge >= 0.3 is 0 Å². The Morgan fingerprint density at radius 1 is 1.10 bits per heavy atom. The summed E-state index contributed by atoms with van der Waals surface area (Å²) < 4.78 is 7.84. The van der Waals surface area contributed by atoms with Crippen LogP contribution in [0.15, 0.2) is 79.0 Å². The summed E-state index contributed by atoms with van der Waals surface area (Å²) in [5, 5.41) is 15.2. The summed E-state index contributed by atoms with van der Waals surface area (Å²) in [7, 11) is 2.09. The standard InChI is InChI=1S/C29H31N9O2/c1-18-19(2)25(40-28-14-26-36-33-17-38(26)16-32-28)10-9-23(18)35-29-22-13-20(6-8-24(22)30-15-31-29)34-27(39)11-7-21-5-4-12-37(21)3/h6-11,13-19,21H,4-5,12H2,1-3H3,(H,34,39)(H,30,31,35)/b11-7+/t18?,19?,21-/m1/s1. The number of hydrogen-bond donors (Lipinski definition) is 2. The second kappa shape index (κ2) is 10.9. The van der Waals surface area contributed by atoms with Gasteiger partial charge in [0.1, 0.15) is 30.6 Å². The van der Waals surface area contributed by atoms with Crippen molar-refractivity contribution in [3.63, 3.8) is 0 Å². The van der Waals surface area contributed by atoms with Gasteiger partial charge in [-0.3, -0.25) is 14.1 Å². The summed E-state index contributed by atoms with van der Waals surface area (Å²) in [4.78, 5) is 28.1. The van der Waals surface area contributed by atoms with E-state index in [2.05, 4.69) is 61.6 Å². The molecule has 1 aromatic carbocycles. The predicted octanol–water partition coefficient (Wildman–Crippen LogP) is 4.20. The maximum absolute atomic E-state index is 12.6. The fourth-order valence-electron chi connectivity index (χ4n) is 5.09. The molecule has 0 spiro atoms. The molecule has 0 bridgehead atoms. The average Bonchev–Trinajstić information content (AvgIpc) is 3.60. The van der Waals surface area contributed by atoms with Crippen molar-refractivity contribution >= 4 is 34.0 Å². The van der Waals surface area contributed by atoms with Crippen molar-refractivity contribution in [2.24, 2.45) is 11.8 Å². The lowest BCUT2D eigenvalue weighted by Crippen LogP contribution is -2.23. The number of anilines is 2. The lowest BCUT2D eigenvalue weighted by Gasteiger charge is -2.28. The van der Waals surface area contributed by atoms with Crippen LogP contribution in [0.2, 0.25) is 0 Å². The molecular formula is C29H31N9O2. The number of nitrogens with zero attached hydrogens (tertiary/aromatic N) is 7. The molecule has 3 atom stereocenters. The van der Waals surface area contributed by atoms with E-state index in [4.69, 9.17) is 4.74 Å². The number of hydrogen-bond acceptors (Lipinski definition) is 9. The van der Waals surface area contributed by atoms with Gasteiger partial charge in [0.2, 0.25) is 11.8 Å². The van der Waals surface area contributed by atoms with E-state index in [9.17, 15) is 4.79 Å². The Kier molecular flexibility index (Phi) is 6.95. The number of nitrogens with one attached hydrogen (secondary N) is 2. The van der Waals surface area contributed by atoms with Crippen LogP contribution in [-0.4, -0.2) is 60.0 Å². The number of rotatable bonds is 7. The Morgan fingerprint density at radius 3 is 2.85 bits per heavy atom. The Morgan fingerprint density at radius 2 is 2.00 bits per heavy atom. The Hall–Kier alpha value is -4.64. The highest BCUT2D eigenvalue weighted by atomic mass is 16.5. The number of allylic oxidation sites excluding steroid dienone is 4. The van der Waals surface area contributed by atoms with Gasteiger partial charge in [-0.25, -0.2) is 15.0 Å². The molecule has 1 fully saturated rings. The minimum atomic E-state index is -0.154. The zero-order valence-electron chi connectivity index (χ0n) is 22.7. The number of benzene rings is 1. The van der Waals surface area contributed by atoms with E-state index in [0.717, 1.165) is 41.7 Å². The Bertz CT molecular complexity index is 1660. The number of likely N-dealkylation sites (N-methyl/N-ethyl adjacent to an activating group) is 1. The van der Waals surface area contributed by atoms with Crippen LogP contribution in [-0.2, 0) is 4.79 Å². The summed E-state index contributed by atoms with van der Waals surface area (Å²) in [6.07, 6.45) is 14.6. The van der Waals surface area contributed by atoms with Crippen molar-refractivity contribution < 1.29 is 9.53 Å². The van der Waals surface area contributed by atoms with Crippen LogP contribution >= 0.6 is 0 Å². The lowest BCUT2D eigenvalue weighted by atomic mass is 9.87. The van der Waals surface area contributed by atoms with E-state index >= 15 is 0 Å². The first kappa shape index (κ1) is 25.6. The Labute approximate surface area is 231 Å². The fraction of sp³-hybridized carbons (Fsp3) is 0.310. The van der Waals surface area contributed by atoms with E-state index in [1.165, 1.54) is 6.33 Å². The maximum Gasteiger partial charge on any atom is 0.248 e. The quantitative estimate of drug-likeness (QED) is 0.334. The van der Waals surface area contributed by atoms with Gasteiger partial charge < -0.3 is 15.4 Å². The predicted molar refractivity (Wildman–Crippen MR) is 152 cm³/mol. The first-order valence-corrected chi connectivity index (χ1v) is 13.4. The van der Waals surface area contributed by atoms with Gasteiger partial charge in [0.05, 0.1) is 5.52 Å². The van der Waals surface area contributed by atoms with Gasteiger partial charge in [-0.2, -0.15) is 0 Å². The number of fused-ring (bicyclic) bond motifs is 2. The molecule has 2 N–H and O–H groups in total. The highest BCUT2D eigenvalue weighted by Crippen LogP contribution is 2.34. The molecule has 1 aliphatic heterocycles. The van der Waals surface area contributed by atoms with Crippen molar-refractivity contribution in [1.82, 2.24) is 34.4 Å². The van der Waals surface area contributed by atoms with E-state index in [0.29, 0.717) is 29.1 Å². The van der Waals surface area contributed by atoms with E-state index in [1.54, 1.807) is 29.2 Å². The fourth-order valence-corrected chi connectivity index (χ4v) is 5.09. The number of carbonyl (C=O) groups excluding carboxylic acids is 1. The number of likely N-dealkylation sites (tertiary alicyclic amines) is 1.